The van der Waals surface area contributed by atoms with Gasteiger partial charge in [0.25, 0.3) is 0 Å². The van der Waals surface area contributed by atoms with E-state index in [1.807, 2.05) is 36.7 Å². The number of nitrogens with zero attached hydrogens (tertiary/aromatic N) is 4. The molecule has 8 heteroatoms. The van der Waals surface area contributed by atoms with E-state index in [0.29, 0.717) is 23.4 Å². The first-order valence-electron chi connectivity index (χ1n) is 10.2. The van der Waals surface area contributed by atoms with Gasteiger partial charge in [-0.2, -0.15) is 5.26 Å². The van der Waals surface area contributed by atoms with Crippen LogP contribution in [0.1, 0.15) is 37.4 Å². The molecule has 1 aromatic carbocycles. The highest BCUT2D eigenvalue weighted by Crippen LogP contribution is 2.30. The number of aromatic nitrogens is 3. The predicted molar refractivity (Wildman–Crippen MR) is 123 cm³/mol. The van der Waals surface area contributed by atoms with Crippen LogP contribution in [0.5, 0.6) is 0 Å². The summed E-state index contributed by atoms with van der Waals surface area (Å²) >= 11 is 0. The molecule has 0 saturated carbocycles. The Bertz CT molecular complexity index is 1220. The number of allylic oxidation sites excluding steroid dienone is 1. The molecule has 0 bridgehead atoms. The highest BCUT2D eigenvalue weighted by Gasteiger charge is 2.22. The molecule has 3 rings (SSSR count). The quantitative estimate of drug-likeness (QED) is 0.482. The first-order chi connectivity index (χ1) is 15.1. The molecular formula is C24H26F2N6. The van der Waals surface area contributed by atoms with Gasteiger partial charge in [0.2, 0.25) is 6.43 Å². The topological polar surface area (TPSA) is 90.4 Å². The maximum atomic E-state index is 12.8. The minimum Gasteiger partial charge on any atom is -0.390 e. The van der Waals surface area contributed by atoms with Crippen LogP contribution in [-0.2, 0) is 7.05 Å². The van der Waals surface area contributed by atoms with Crippen molar-refractivity contribution in [2.24, 2.45) is 12.5 Å². The fourth-order valence-electron chi connectivity index (χ4n) is 3.57. The second kappa shape index (κ2) is 9.27. The smallest absolute Gasteiger partial charge is 0.239 e. The molecule has 0 aliphatic rings. The normalized spacial score (nSPS) is 12.2. The van der Waals surface area contributed by atoms with Gasteiger partial charge in [0.15, 0.2) is 0 Å². The summed E-state index contributed by atoms with van der Waals surface area (Å²) in [5, 5.41) is 20.3. The Hall–Kier alpha value is -3.60. The van der Waals surface area contributed by atoms with E-state index >= 15 is 0 Å². The maximum absolute atomic E-state index is 12.8. The van der Waals surface area contributed by atoms with E-state index in [1.54, 1.807) is 32.2 Å². The van der Waals surface area contributed by atoms with Gasteiger partial charge >= 0.3 is 0 Å². The van der Waals surface area contributed by atoms with E-state index in [2.05, 4.69) is 21.4 Å². The summed E-state index contributed by atoms with van der Waals surface area (Å²) in [7, 11) is 1.95. The number of nitriles is 1. The maximum Gasteiger partial charge on any atom is 0.239 e. The SMILES string of the molecule is Cc1nc2cc(-c3nc(C#N)ccc3/C(C=N)=C/NCC(C)(C)CC(F)F)ccc2n1C. The summed E-state index contributed by atoms with van der Waals surface area (Å²) in [6, 6.07) is 11.2. The average Bonchev–Trinajstić information content (AvgIpc) is 3.03. The molecular weight excluding hydrogens is 410 g/mol. The lowest BCUT2D eigenvalue weighted by Crippen LogP contribution is -2.28. The van der Waals surface area contributed by atoms with Crippen LogP contribution < -0.4 is 5.32 Å². The van der Waals surface area contributed by atoms with Gasteiger partial charge in [-0.1, -0.05) is 19.9 Å². The van der Waals surface area contributed by atoms with Crippen molar-refractivity contribution < 1.29 is 8.78 Å². The van der Waals surface area contributed by atoms with E-state index in [0.717, 1.165) is 22.4 Å². The summed E-state index contributed by atoms with van der Waals surface area (Å²) in [6.45, 7) is 5.79. The summed E-state index contributed by atoms with van der Waals surface area (Å²) in [4.78, 5) is 9.07. The van der Waals surface area contributed by atoms with Crippen LogP contribution in [0.15, 0.2) is 36.5 Å². The number of hydrogen-bond acceptors (Lipinski definition) is 5. The van der Waals surface area contributed by atoms with Gasteiger partial charge < -0.3 is 15.3 Å². The number of benzene rings is 1. The van der Waals surface area contributed by atoms with Crippen molar-refractivity contribution in [1.29, 1.82) is 10.7 Å². The lowest BCUT2D eigenvalue weighted by molar-refractivity contribution is 0.0883. The Balaban J connectivity index is 2.01. The third kappa shape index (κ3) is 4.99. The summed E-state index contributed by atoms with van der Waals surface area (Å²) in [6.07, 6.45) is 0.220. The molecule has 166 valence electrons. The van der Waals surface area contributed by atoms with Gasteiger partial charge in [-0.3, -0.25) is 0 Å². The molecule has 0 aliphatic carbocycles. The fraction of sp³-hybridized carbons (Fsp3) is 0.333. The molecule has 2 heterocycles. The molecule has 0 radical (unpaired) electrons. The van der Waals surface area contributed by atoms with Crippen molar-refractivity contribution in [3.8, 4) is 17.3 Å². The van der Waals surface area contributed by atoms with E-state index in [9.17, 15) is 14.0 Å². The van der Waals surface area contributed by atoms with Crippen molar-refractivity contribution in [3.63, 3.8) is 0 Å². The van der Waals surface area contributed by atoms with Crippen molar-refractivity contribution in [1.82, 2.24) is 19.9 Å². The molecule has 6 nitrogen and oxygen atoms in total. The minimum absolute atomic E-state index is 0.221. The first kappa shape index (κ1) is 23.1. The number of hydrogen-bond donors (Lipinski definition) is 2. The van der Waals surface area contributed by atoms with E-state index in [4.69, 9.17) is 5.41 Å². The van der Waals surface area contributed by atoms with Crippen LogP contribution in [0.25, 0.3) is 27.9 Å². The molecule has 0 aliphatic heterocycles. The Labute approximate surface area is 186 Å². The van der Waals surface area contributed by atoms with Crippen LogP contribution in [0.2, 0.25) is 0 Å². The number of imidazole rings is 1. The van der Waals surface area contributed by atoms with Crippen LogP contribution in [0.4, 0.5) is 8.78 Å². The number of alkyl halides is 2. The van der Waals surface area contributed by atoms with Gasteiger partial charge in [-0.25, -0.2) is 18.7 Å². The lowest BCUT2D eigenvalue weighted by Gasteiger charge is -2.24. The molecule has 2 aromatic heterocycles. The minimum atomic E-state index is -2.38. The van der Waals surface area contributed by atoms with Crippen LogP contribution in [0, 0.1) is 29.1 Å². The highest BCUT2D eigenvalue weighted by atomic mass is 19.3. The van der Waals surface area contributed by atoms with Crippen molar-refractivity contribution >= 4 is 22.8 Å². The molecule has 32 heavy (non-hydrogen) atoms. The number of aryl methyl sites for hydroxylation is 2. The Morgan fingerprint density at radius 1 is 1.28 bits per heavy atom. The second-order valence-corrected chi connectivity index (χ2v) is 8.51. The Morgan fingerprint density at radius 2 is 2.03 bits per heavy atom. The highest BCUT2D eigenvalue weighted by molar-refractivity contribution is 6.10. The van der Waals surface area contributed by atoms with Crippen LogP contribution in [0.3, 0.4) is 0 Å². The van der Waals surface area contributed by atoms with Crippen LogP contribution >= 0.6 is 0 Å². The molecule has 0 fully saturated rings. The van der Waals surface area contributed by atoms with Gasteiger partial charge in [0, 0.05) is 49.1 Å². The predicted octanol–water partition coefficient (Wildman–Crippen LogP) is 5.08. The Kier molecular flexibility index (Phi) is 6.68. The molecule has 0 spiro atoms. The fourth-order valence-corrected chi connectivity index (χ4v) is 3.57. The van der Waals surface area contributed by atoms with Gasteiger partial charge in [-0.15, -0.1) is 0 Å². The zero-order chi connectivity index (χ0) is 23.5. The average molecular weight is 437 g/mol. The van der Waals surface area contributed by atoms with Gasteiger partial charge in [0.05, 0.1) is 16.7 Å². The van der Waals surface area contributed by atoms with E-state index in [1.165, 1.54) is 6.21 Å². The van der Waals surface area contributed by atoms with Gasteiger partial charge in [-0.05, 0) is 36.6 Å². The number of pyridine rings is 1. The molecule has 2 N–H and O–H groups in total. The molecule has 0 unspecified atom stereocenters. The van der Waals surface area contributed by atoms with Crippen molar-refractivity contribution in [2.45, 2.75) is 33.6 Å². The largest absolute Gasteiger partial charge is 0.390 e. The second-order valence-electron chi connectivity index (χ2n) is 8.51. The van der Waals surface area contributed by atoms with E-state index in [-0.39, 0.29) is 12.1 Å². The Morgan fingerprint density at radius 3 is 2.69 bits per heavy atom. The number of rotatable bonds is 8. The zero-order valence-electron chi connectivity index (χ0n) is 18.6. The monoisotopic (exact) mass is 436 g/mol. The molecule has 3 aromatic rings. The first-order valence-corrected chi connectivity index (χ1v) is 10.2. The third-order valence-corrected chi connectivity index (χ3v) is 5.40. The number of halogens is 2. The van der Waals surface area contributed by atoms with Crippen molar-refractivity contribution in [2.75, 3.05) is 6.54 Å². The number of nitrogens with one attached hydrogen (secondary N) is 2. The lowest BCUT2D eigenvalue weighted by atomic mass is 9.89. The van der Waals surface area contributed by atoms with Gasteiger partial charge in [0.1, 0.15) is 17.6 Å². The molecule has 0 amide bonds. The van der Waals surface area contributed by atoms with E-state index < -0.39 is 11.8 Å². The molecule has 0 atom stereocenters. The zero-order valence-corrected chi connectivity index (χ0v) is 18.6. The molecule has 0 saturated heterocycles. The van der Waals surface area contributed by atoms with Crippen LogP contribution in [-0.4, -0.2) is 33.7 Å². The summed E-state index contributed by atoms with van der Waals surface area (Å²) < 4.78 is 27.5. The number of fused-ring (bicyclic) bond motifs is 1. The summed E-state index contributed by atoms with van der Waals surface area (Å²) in [5.41, 5.74) is 3.96. The standard InChI is InChI=1S/C24H26F2N6/c1-15-30-20-9-16(5-8-21(20)32(15)4)23-19(7-6-18(12-28)31-23)17(11-27)13-29-14-24(2,3)10-22(25)26/h5-9,11,13,22,27,29H,10,14H2,1-4H3/b17-13+,27-11?. The third-order valence-electron chi connectivity index (χ3n) is 5.40. The summed E-state index contributed by atoms with van der Waals surface area (Å²) in [5.74, 6) is 0.881. The van der Waals surface area contributed by atoms with Crippen molar-refractivity contribution in [3.05, 3.63) is 53.6 Å².